The van der Waals surface area contributed by atoms with E-state index in [2.05, 4.69) is 42.4 Å². The van der Waals surface area contributed by atoms with Crippen molar-refractivity contribution in [3.63, 3.8) is 0 Å². The largest absolute Gasteiger partial charge is 0.444 e. The van der Waals surface area contributed by atoms with Crippen molar-refractivity contribution in [3.8, 4) is 0 Å². The van der Waals surface area contributed by atoms with Gasteiger partial charge in [0, 0.05) is 26.4 Å². The maximum absolute atomic E-state index is 14.3. The summed E-state index contributed by atoms with van der Waals surface area (Å²) in [4.78, 5) is 82.2. The van der Waals surface area contributed by atoms with E-state index in [1.807, 2.05) is 20.9 Å². The summed E-state index contributed by atoms with van der Waals surface area (Å²) in [5.41, 5.74) is 0.665. The highest BCUT2D eigenvalue weighted by atomic mass is 32.2. The van der Waals surface area contributed by atoms with Crippen LogP contribution in [-0.4, -0.2) is 110 Å². The number of sulfonamides is 1. The van der Waals surface area contributed by atoms with E-state index in [-0.39, 0.29) is 19.4 Å². The summed E-state index contributed by atoms with van der Waals surface area (Å²) < 4.78 is 41.7. The number of rotatable bonds is 11. The summed E-state index contributed by atoms with van der Waals surface area (Å²) >= 11 is 0. The van der Waals surface area contributed by atoms with Crippen molar-refractivity contribution in [2.75, 3.05) is 11.9 Å². The number of carbonyl (C=O) groups excluding carboxylic acids is 6. The van der Waals surface area contributed by atoms with Gasteiger partial charge in [-0.05, 0) is 73.1 Å². The van der Waals surface area contributed by atoms with Gasteiger partial charge in [-0.15, -0.1) is 6.58 Å². The van der Waals surface area contributed by atoms with Gasteiger partial charge in [-0.2, -0.15) is 15.2 Å². The number of hydrogen-bond donors (Lipinski definition) is 4. The maximum Gasteiger partial charge on any atom is 0.412 e. The topological polar surface area (TPSA) is 254 Å². The summed E-state index contributed by atoms with van der Waals surface area (Å²) in [5, 5.41) is 15.7. The number of nitrogens with one attached hydrogen (secondary N) is 4. The number of nitrogens with zero attached hydrogens (tertiary/aromatic N) is 6. The van der Waals surface area contributed by atoms with E-state index in [1.54, 1.807) is 71.8 Å². The lowest BCUT2D eigenvalue weighted by atomic mass is 9.85. The summed E-state index contributed by atoms with van der Waals surface area (Å²) in [7, 11) is -0.379. The molecular formula is C39H58N10O10S. The zero-order valence-corrected chi connectivity index (χ0v) is 37.2. The molecule has 5 atom stereocenters. The molecule has 21 heteroatoms. The molecule has 2 aromatic heterocycles. The van der Waals surface area contributed by atoms with Crippen LogP contribution in [0.5, 0.6) is 0 Å². The van der Waals surface area contributed by atoms with Crippen LogP contribution in [0.1, 0.15) is 90.0 Å². The van der Waals surface area contributed by atoms with Crippen molar-refractivity contribution in [2.45, 2.75) is 129 Å². The average molecular weight is 859 g/mol. The Hall–Kier alpha value is -5.56. The molecule has 60 heavy (non-hydrogen) atoms. The Morgan fingerprint density at radius 3 is 2.03 bits per heavy atom. The molecule has 20 nitrogen and oxygen atoms in total. The highest BCUT2D eigenvalue weighted by Gasteiger charge is 2.62. The number of aromatic nitrogens is 4. The van der Waals surface area contributed by atoms with E-state index < -0.39 is 85.8 Å². The maximum atomic E-state index is 14.3. The number of likely N-dealkylation sites (tertiary alicyclic amines) is 1. The van der Waals surface area contributed by atoms with Gasteiger partial charge in [-0.3, -0.25) is 33.8 Å². The number of anilines is 1. The van der Waals surface area contributed by atoms with Crippen LogP contribution in [0, 0.1) is 39.0 Å². The molecule has 4 N–H and O–H groups in total. The predicted octanol–water partition coefficient (Wildman–Crippen LogP) is 3.17. The number of hydrogen-bond acceptors (Lipinski definition) is 13. The van der Waals surface area contributed by atoms with Gasteiger partial charge in [0.2, 0.25) is 27.9 Å². The van der Waals surface area contributed by atoms with Gasteiger partial charge in [-0.25, -0.2) is 22.8 Å². The molecule has 5 rings (SSSR count). The van der Waals surface area contributed by atoms with Crippen molar-refractivity contribution in [1.82, 2.24) is 39.8 Å². The highest BCUT2D eigenvalue weighted by molar-refractivity contribution is 7.91. The Labute approximate surface area is 350 Å². The Balaban J connectivity index is 0.000000624. The van der Waals surface area contributed by atoms with E-state index in [1.165, 1.54) is 17.1 Å². The van der Waals surface area contributed by atoms with Crippen molar-refractivity contribution >= 4 is 57.4 Å². The molecule has 1 unspecified atom stereocenters. The molecule has 1 aliphatic heterocycles. The molecule has 330 valence electrons. The van der Waals surface area contributed by atoms with Gasteiger partial charge in [0.1, 0.15) is 35.0 Å². The predicted molar refractivity (Wildman–Crippen MR) is 219 cm³/mol. The monoisotopic (exact) mass is 858 g/mol. The fourth-order valence-corrected chi connectivity index (χ4v) is 8.21. The van der Waals surface area contributed by atoms with Gasteiger partial charge in [0.15, 0.2) is 0 Å². The van der Waals surface area contributed by atoms with E-state index in [4.69, 9.17) is 9.47 Å². The third-order valence-electron chi connectivity index (χ3n) is 10.5. The Morgan fingerprint density at radius 1 is 0.967 bits per heavy atom. The molecule has 1 saturated heterocycles. The Morgan fingerprint density at radius 2 is 1.57 bits per heavy atom. The minimum absolute atomic E-state index is 0.103. The first-order chi connectivity index (χ1) is 27.6. The van der Waals surface area contributed by atoms with Crippen LogP contribution < -0.4 is 20.7 Å². The summed E-state index contributed by atoms with van der Waals surface area (Å²) in [6.45, 7) is 20.9. The fraction of sp³-hybridized carbons (Fsp3) is 0.641. The lowest BCUT2D eigenvalue weighted by Gasteiger charge is -2.36. The summed E-state index contributed by atoms with van der Waals surface area (Å²) in [6, 6.07) is -2.43. The smallest absolute Gasteiger partial charge is 0.412 e. The summed E-state index contributed by atoms with van der Waals surface area (Å²) in [6.07, 6.45) is 1.17. The molecule has 0 aromatic carbocycles. The van der Waals surface area contributed by atoms with E-state index in [0.717, 1.165) is 11.4 Å². The normalized spacial score (nSPS) is 21.6. The second-order valence-corrected chi connectivity index (χ2v) is 19.5. The molecule has 0 spiro atoms. The van der Waals surface area contributed by atoms with Crippen LogP contribution in [0.25, 0.3) is 0 Å². The van der Waals surface area contributed by atoms with Gasteiger partial charge in [-0.1, -0.05) is 26.8 Å². The van der Waals surface area contributed by atoms with Gasteiger partial charge in [0.05, 0.1) is 40.3 Å². The fourth-order valence-electron chi connectivity index (χ4n) is 6.84. The lowest BCUT2D eigenvalue weighted by Crippen LogP contribution is -2.60. The second-order valence-electron chi connectivity index (χ2n) is 17.5. The minimum atomic E-state index is -3.92. The van der Waals surface area contributed by atoms with E-state index >= 15 is 0 Å². The number of ether oxygens (including phenoxy) is 2. The first kappa shape index (κ1) is 47.1. The molecule has 5 amide bonds. The molecule has 2 aromatic rings. The van der Waals surface area contributed by atoms with Crippen molar-refractivity contribution in [2.24, 2.45) is 30.4 Å². The highest BCUT2D eigenvalue weighted by Crippen LogP contribution is 2.45. The van der Waals surface area contributed by atoms with E-state index in [0.29, 0.717) is 35.6 Å². The first-order valence-electron chi connectivity index (χ1n) is 19.5. The van der Waals surface area contributed by atoms with Crippen molar-refractivity contribution in [3.05, 3.63) is 35.4 Å². The molecule has 0 radical (unpaired) electrons. The van der Waals surface area contributed by atoms with Gasteiger partial charge in [0.25, 0.3) is 5.91 Å². The number of carbonyl (C=O) groups is 5. The van der Waals surface area contributed by atoms with Crippen LogP contribution in [0.2, 0.25) is 0 Å². The SMILES string of the molecule is C=CC1C[C@]1(NC(=O)[C@@H]1C[C@@H](OC(=O)Nc2c(C)nn(C)c2C)CN1C(=O)[C@@H](NC(=O)OC(C)(C)C)C(C)(C)C)C(=O)NS(=O)(=O)C1CC1.Cc1nn(C)c(C)c1N=C=O. The third kappa shape index (κ3) is 11.0. The quantitative estimate of drug-likeness (QED) is 0.144. The summed E-state index contributed by atoms with van der Waals surface area (Å²) in [5.74, 6) is -2.85. The molecule has 3 fully saturated rings. The number of aliphatic imine (C=N–C) groups is 1. The molecule has 2 aliphatic carbocycles. The number of aryl methyl sites for hydroxylation is 4. The van der Waals surface area contributed by atoms with Crippen LogP contribution in [0.15, 0.2) is 17.6 Å². The van der Waals surface area contributed by atoms with Crippen LogP contribution in [0.4, 0.5) is 21.0 Å². The minimum Gasteiger partial charge on any atom is -0.444 e. The Kier molecular flexibility index (Phi) is 13.8. The first-order valence-corrected chi connectivity index (χ1v) is 21.1. The zero-order valence-electron chi connectivity index (χ0n) is 36.4. The molecular weight excluding hydrogens is 801 g/mol. The Bertz CT molecular complexity index is 2190. The molecule has 3 aliphatic rings. The molecule has 3 heterocycles. The van der Waals surface area contributed by atoms with E-state index in [9.17, 15) is 37.2 Å². The van der Waals surface area contributed by atoms with Gasteiger partial charge >= 0.3 is 12.2 Å². The van der Waals surface area contributed by atoms with Crippen LogP contribution in [-0.2, 0) is 52.8 Å². The second kappa shape index (κ2) is 17.6. The lowest BCUT2D eigenvalue weighted by molar-refractivity contribution is -0.143. The average Bonchev–Trinajstić information content (AvgIpc) is 4.03. The number of alkyl carbamates (subject to hydrolysis) is 1. The molecule has 2 saturated carbocycles. The standard InChI is InChI=1S/C32H49N7O9S.C7H9N3O/c1-11-19-15-32(19,27(42)37-49(45,46)21-12-13-21)35-25(40)22-14-20(47-28(43)33-23-17(2)36-38(10)18(23)3)16-39(22)26(41)24(30(4,5)6)34-29(44)48-31(7,8)9;1-5-7(8-4-11)6(2)10(3)9-5/h11,19-22,24H,1,12-16H2,2-10H3,(H,33,43)(H,34,44)(H,35,40)(H,37,42);1-3H3/t19?,20-,22+,24-,32-;/m1./s1. The number of amides is 5. The van der Waals surface area contributed by atoms with Gasteiger partial charge < -0.3 is 25.0 Å². The zero-order chi connectivity index (χ0) is 45.3. The van der Waals surface area contributed by atoms with Crippen molar-refractivity contribution < 1.29 is 46.7 Å². The molecule has 0 bridgehead atoms. The third-order valence-corrected chi connectivity index (χ3v) is 12.3. The number of isocyanates is 1. The van der Waals surface area contributed by atoms with Crippen molar-refractivity contribution in [1.29, 1.82) is 0 Å². The van der Waals surface area contributed by atoms with Crippen LogP contribution >= 0.6 is 0 Å². The van der Waals surface area contributed by atoms with Crippen LogP contribution in [0.3, 0.4) is 0 Å².